The Labute approximate surface area is 131 Å². The Hall–Kier alpha value is -1.03. The fourth-order valence-electron chi connectivity index (χ4n) is 1.33. The molecule has 6 nitrogen and oxygen atoms in total. The number of halogens is 2. The topological polar surface area (TPSA) is 89.0 Å². The second-order valence-electron chi connectivity index (χ2n) is 3.65. The predicted molar refractivity (Wildman–Crippen MR) is 79.8 cm³/mol. The lowest BCUT2D eigenvalue weighted by molar-refractivity contribution is 0.102. The van der Waals surface area contributed by atoms with Crippen LogP contribution in [0.15, 0.2) is 27.0 Å². The van der Waals surface area contributed by atoms with Gasteiger partial charge in [-0.3, -0.25) is 10.1 Å². The number of carbonyl (C=O) groups excluding carboxylic acids is 1. The molecule has 0 aliphatic rings. The van der Waals surface area contributed by atoms with E-state index in [-0.39, 0.29) is 20.7 Å². The Kier molecular flexibility index (Phi) is 4.43. The van der Waals surface area contributed by atoms with Gasteiger partial charge in [0.1, 0.15) is 5.69 Å². The van der Waals surface area contributed by atoms with Crippen LogP contribution in [0.5, 0.6) is 0 Å². The van der Waals surface area contributed by atoms with Gasteiger partial charge in [0.2, 0.25) is 0 Å². The minimum Gasteiger partial charge on any atom is -0.296 e. The van der Waals surface area contributed by atoms with Gasteiger partial charge < -0.3 is 0 Å². The van der Waals surface area contributed by atoms with Crippen molar-refractivity contribution in [3.63, 3.8) is 0 Å². The number of hydrogen-bond acceptors (Lipinski definition) is 6. The number of hydrogen-bond donors (Lipinski definition) is 1. The number of anilines is 1. The first-order valence-electron chi connectivity index (χ1n) is 5.12. The molecule has 0 aromatic carbocycles. The molecule has 10 heteroatoms. The number of thiazole rings is 1. The number of aromatic nitrogens is 2. The van der Waals surface area contributed by atoms with Crippen LogP contribution in [-0.4, -0.2) is 24.3 Å². The zero-order valence-corrected chi connectivity index (χ0v) is 13.9. The summed E-state index contributed by atoms with van der Waals surface area (Å²) in [6.07, 6.45) is 1.48. The van der Waals surface area contributed by atoms with Gasteiger partial charge in [-0.1, -0.05) is 11.3 Å². The van der Waals surface area contributed by atoms with Gasteiger partial charge in [-0.2, -0.15) is 0 Å². The Morgan fingerprint density at radius 1 is 1.45 bits per heavy atom. The summed E-state index contributed by atoms with van der Waals surface area (Å²) in [6, 6.07) is 3.20. The average molecular weight is 397 g/mol. The maximum Gasteiger partial charge on any atom is 0.276 e. The molecule has 0 saturated heterocycles. The zero-order chi connectivity index (χ0) is 14.9. The number of nitrogens with zero attached hydrogens (tertiary/aromatic N) is 2. The third-order valence-corrected chi connectivity index (χ3v) is 5.88. The van der Waals surface area contributed by atoms with Gasteiger partial charge in [-0.05, 0) is 35.0 Å². The molecule has 2 aromatic rings. The third kappa shape index (κ3) is 3.54. The molecular weight excluding hydrogens is 390 g/mol. The van der Waals surface area contributed by atoms with E-state index in [4.69, 9.17) is 10.7 Å². The van der Waals surface area contributed by atoms with Crippen molar-refractivity contribution in [2.45, 2.75) is 11.1 Å². The van der Waals surface area contributed by atoms with Gasteiger partial charge in [0.25, 0.3) is 15.0 Å². The van der Waals surface area contributed by atoms with Crippen molar-refractivity contribution in [1.29, 1.82) is 0 Å². The fourth-order valence-corrected chi connectivity index (χ4v) is 3.92. The SMILES string of the molecule is Cc1nc(NC(=O)c2ccc(Br)cn2)sc1S(=O)(=O)Cl. The van der Waals surface area contributed by atoms with E-state index in [1.54, 1.807) is 6.07 Å². The van der Waals surface area contributed by atoms with Crippen LogP contribution >= 0.6 is 37.9 Å². The maximum atomic E-state index is 11.9. The summed E-state index contributed by atoms with van der Waals surface area (Å²) in [6.45, 7) is 1.50. The first kappa shape index (κ1) is 15.4. The predicted octanol–water partition coefficient (Wildman–Crippen LogP) is 2.79. The molecule has 0 aliphatic heterocycles. The summed E-state index contributed by atoms with van der Waals surface area (Å²) < 4.78 is 23.2. The molecule has 1 N–H and O–H groups in total. The molecule has 0 aliphatic carbocycles. The summed E-state index contributed by atoms with van der Waals surface area (Å²) in [5, 5.41) is 2.63. The quantitative estimate of drug-likeness (QED) is 0.806. The molecular formula is C10H7BrClN3O3S2. The van der Waals surface area contributed by atoms with Crippen LogP contribution in [0.2, 0.25) is 0 Å². The van der Waals surface area contributed by atoms with Crippen LogP contribution in [0.4, 0.5) is 5.13 Å². The summed E-state index contributed by atoms with van der Waals surface area (Å²) in [5.74, 6) is -0.482. The average Bonchev–Trinajstić information content (AvgIpc) is 2.70. The number of aryl methyl sites for hydroxylation is 1. The van der Waals surface area contributed by atoms with Crippen LogP contribution in [0.3, 0.4) is 0 Å². The molecule has 0 atom stereocenters. The number of carbonyl (C=O) groups is 1. The highest BCUT2D eigenvalue weighted by Gasteiger charge is 2.20. The van der Waals surface area contributed by atoms with Crippen LogP contribution in [0.1, 0.15) is 16.2 Å². The van der Waals surface area contributed by atoms with Crippen molar-refractivity contribution in [2.24, 2.45) is 0 Å². The summed E-state index contributed by atoms with van der Waals surface area (Å²) in [4.78, 5) is 19.8. The van der Waals surface area contributed by atoms with Crippen molar-refractivity contribution >= 4 is 58.0 Å². The van der Waals surface area contributed by atoms with Crippen LogP contribution in [-0.2, 0) is 9.05 Å². The highest BCUT2D eigenvalue weighted by atomic mass is 79.9. The first-order valence-corrected chi connectivity index (χ1v) is 9.04. The lowest BCUT2D eigenvalue weighted by Crippen LogP contribution is -2.13. The Bertz CT molecular complexity index is 759. The maximum absolute atomic E-state index is 11.9. The molecule has 2 rings (SSSR count). The zero-order valence-electron chi connectivity index (χ0n) is 9.92. The number of amides is 1. The van der Waals surface area contributed by atoms with E-state index in [9.17, 15) is 13.2 Å². The second kappa shape index (κ2) is 5.76. The van der Waals surface area contributed by atoms with Gasteiger partial charge in [0.05, 0.1) is 5.69 Å². The molecule has 0 saturated carbocycles. The standard InChI is InChI=1S/C10H7BrClN3O3S2/c1-5-9(20(12,17)18)19-10(14-5)15-8(16)7-3-2-6(11)4-13-7/h2-4H,1H3,(H,14,15,16). The van der Waals surface area contributed by atoms with Gasteiger partial charge in [0.15, 0.2) is 9.34 Å². The second-order valence-corrected chi connectivity index (χ2v) is 8.32. The number of pyridine rings is 1. The molecule has 0 spiro atoms. The van der Waals surface area contributed by atoms with Gasteiger partial charge in [0, 0.05) is 21.4 Å². The van der Waals surface area contributed by atoms with E-state index >= 15 is 0 Å². The smallest absolute Gasteiger partial charge is 0.276 e. The molecule has 0 fully saturated rings. The van der Waals surface area contributed by atoms with Crippen molar-refractivity contribution < 1.29 is 13.2 Å². The van der Waals surface area contributed by atoms with E-state index in [1.807, 2.05) is 0 Å². The summed E-state index contributed by atoms with van der Waals surface area (Å²) in [5.41, 5.74) is 0.431. The highest BCUT2D eigenvalue weighted by molar-refractivity contribution is 9.10. The minimum absolute atomic E-state index is 0.0850. The van der Waals surface area contributed by atoms with E-state index in [2.05, 4.69) is 31.2 Å². The van der Waals surface area contributed by atoms with E-state index < -0.39 is 15.0 Å². The van der Waals surface area contributed by atoms with Gasteiger partial charge >= 0.3 is 0 Å². The fraction of sp³-hybridized carbons (Fsp3) is 0.100. The van der Waals surface area contributed by atoms with Gasteiger partial charge in [-0.25, -0.2) is 18.4 Å². The molecule has 2 aromatic heterocycles. The Morgan fingerprint density at radius 2 is 2.15 bits per heavy atom. The van der Waals surface area contributed by atoms with Crippen LogP contribution in [0.25, 0.3) is 0 Å². The van der Waals surface area contributed by atoms with Gasteiger partial charge in [-0.15, -0.1) is 0 Å². The lowest BCUT2D eigenvalue weighted by Gasteiger charge is -2.00. The molecule has 2 heterocycles. The van der Waals surface area contributed by atoms with Crippen LogP contribution in [0, 0.1) is 6.92 Å². The minimum atomic E-state index is -3.86. The molecule has 1 amide bonds. The number of nitrogens with one attached hydrogen (secondary N) is 1. The molecule has 20 heavy (non-hydrogen) atoms. The molecule has 0 unspecified atom stereocenters. The summed E-state index contributed by atoms with van der Waals surface area (Å²) in [7, 11) is 1.40. The van der Waals surface area contributed by atoms with Crippen molar-refractivity contribution in [2.75, 3.05) is 5.32 Å². The molecule has 0 radical (unpaired) electrons. The number of rotatable bonds is 3. The third-order valence-electron chi connectivity index (χ3n) is 2.16. The van der Waals surface area contributed by atoms with Crippen molar-refractivity contribution in [1.82, 2.24) is 9.97 Å². The largest absolute Gasteiger partial charge is 0.296 e. The van der Waals surface area contributed by atoms with Crippen molar-refractivity contribution in [3.05, 3.63) is 34.2 Å². The summed E-state index contributed by atoms with van der Waals surface area (Å²) >= 11 is 4.00. The Balaban J connectivity index is 2.23. The van der Waals surface area contributed by atoms with Crippen molar-refractivity contribution in [3.8, 4) is 0 Å². The normalized spacial score (nSPS) is 11.3. The van der Waals surface area contributed by atoms with E-state index in [0.717, 1.165) is 15.8 Å². The first-order chi connectivity index (χ1) is 9.27. The molecule has 0 bridgehead atoms. The van der Waals surface area contributed by atoms with Crippen LogP contribution < -0.4 is 5.32 Å². The highest BCUT2D eigenvalue weighted by Crippen LogP contribution is 2.29. The lowest BCUT2D eigenvalue weighted by atomic mass is 10.3. The molecule has 106 valence electrons. The Morgan fingerprint density at radius 3 is 2.65 bits per heavy atom. The monoisotopic (exact) mass is 395 g/mol. The van der Waals surface area contributed by atoms with E-state index in [0.29, 0.717) is 0 Å². The van der Waals surface area contributed by atoms with E-state index in [1.165, 1.54) is 19.2 Å².